The fourth-order valence-corrected chi connectivity index (χ4v) is 2.77. The first-order valence-electron chi connectivity index (χ1n) is 5.10. The highest BCUT2D eigenvalue weighted by atomic mass is 32.2. The van der Waals surface area contributed by atoms with Gasteiger partial charge in [0.1, 0.15) is 0 Å². The highest BCUT2D eigenvalue weighted by molar-refractivity contribution is 7.89. The summed E-state index contributed by atoms with van der Waals surface area (Å²) in [7, 11) is -4.09. The Morgan fingerprint density at radius 2 is 1.74 bits per heavy atom. The topological polar surface area (TPSA) is 132 Å². The Balaban J connectivity index is 3.44. The van der Waals surface area contributed by atoms with E-state index in [-0.39, 0.29) is 0 Å². The molecule has 1 rings (SSSR count). The normalized spacial score (nSPS) is 11.5. The van der Waals surface area contributed by atoms with Crippen LogP contribution in [0.1, 0.15) is 13.8 Å². The van der Waals surface area contributed by atoms with Crippen LogP contribution in [-0.4, -0.2) is 24.3 Å². The molecule has 0 atom stereocenters. The second-order valence-corrected chi connectivity index (χ2v) is 5.62. The average Bonchev–Trinajstić information content (AvgIpc) is 2.26. The molecule has 0 aromatic heterocycles. The molecule has 0 aliphatic carbocycles. The van der Waals surface area contributed by atoms with Crippen molar-refractivity contribution in [1.29, 1.82) is 0 Å². The zero-order chi connectivity index (χ0) is 14.8. The van der Waals surface area contributed by atoms with E-state index in [4.69, 9.17) is 0 Å². The lowest BCUT2D eigenvalue weighted by Crippen LogP contribution is -2.30. The van der Waals surface area contributed by atoms with E-state index < -0.39 is 42.2 Å². The first-order chi connectivity index (χ1) is 8.65. The van der Waals surface area contributed by atoms with Gasteiger partial charge < -0.3 is 0 Å². The second kappa shape index (κ2) is 5.28. The smallest absolute Gasteiger partial charge is 0.258 e. The minimum Gasteiger partial charge on any atom is -0.258 e. The maximum atomic E-state index is 11.9. The first-order valence-corrected chi connectivity index (χ1v) is 6.58. The molecule has 1 aromatic rings. The van der Waals surface area contributed by atoms with Crippen LogP contribution in [0.5, 0.6) is 0 Å². The Morgan fingerprint density at radius 3 is 2.16 bits per heavy atom. The lowest BCUT2D eigenvalue weighted by molar-refractivity contribution is -0.396. The number of nitro groups is 2. The van der Waals surface area contributed by atoms with Crippen LogP contribution >= 0.6 is 0 Å². The lowest BCUT2D eigenvalue weighted by atomic mass is 10.3. The van der Waals surface area contributed by atoms with Crippen molar-refractivity contribution in [3.8, 4) is 0 Å². The molecule has 0 radical (unpaired) electrons. The van der Waals surface area contributed by atoms with Gasteiger partial charge in [-0.1, -0.05) is 0 Å². The van der Waals surface area contributed by atoms with Crippen molar-refractivity contribution in [2.75, 3.05) is 0 Å². The summed E-state index contributed by atoms with van der Waals surface area (Å²) in [4.78, 5) is 18.9. The largest absolute Gasteiger partial charge is 0.296 e. The van der Waals surface area contributed by atoms with Crippen LogP contribution in [0.3, 0.4) is 0 Å². The van der Waals surface area contributed by atoms with Gasteiger partial charge >= 0.3 is 0 Å². The summed E-state index contributed by atoms with van der Waals surface area (Å²) in [5.41, 5.74) is -1.38. The number of nitrogens with one attached hydrogen (secondary N) is 1. The van der Waals surface area contributed by atoms with Crippen LogP contribution < -0.4 is 4.72 Å². The molecule has 0 heterocycles. The molecule has 0 saturated heterocycles. The molecule has 1 aromatic carbocycles. The van der Waals surface area contributed by atoms with Crippen molar-refractivity contribution >= 4 is 21.4 Å². The number of hydrogen-bond acceptors (Lipinski definition) is 6. The Bertz CT molecular complexity index is 625. The van der Waals surface area contributed by atoms with Crippen molar-refractivity contribution in [2.45, 2.75) is 24.8 Å². The first kappa shape index (κ1) is 15.0. The molecule has 1 N–H and O–H groups in total. The number of nitrogens with zero attached hydrogens (tertiary/aromatic N) is 2. The Kier molecular flexibility index (Phi) is 4.17. The summed E-state index contributed by atoms with van der Waals surface area (Å²) in [6.45, 7) is 3.10. The number of non-ortho nitro benzene ring substituents is 1. The van der Waals surface area contributed by atoms with Gasteiger partial charge in [-0.05, 0) is 19.9 Å². The predicted octanol–water partition coefficient (Wildman–Crippen LogP) is 1.19. The maximum Gasteiger partial charge on any atom is 0.296 e. The number of nitro benzene ring substituents is 2. The standard InChI is InChI=1S/C9H11N3O6S/c1-6(2)10-19(17,18)9-4-3-7(11(13)14)5-8(9)12(15)16/h3-6,10H,1-2H3. The molecule has 0 bridgehead atoms. The number of sulfonamides is 1. The number of hydrogen-bond donors (Lipinski definition) is 1. The van der Waals surface area contributed by atoms with Gasteiger partial charge in [0.05, 0.1) is 15.9 Å². The minimum atomic E-state index is -4.09. The Hall–Kier alpha value is -2.07. The van der Waals surface area contributed by atoms with Gasteiger partial charge in [0, 0.05) is 12.1 Å². The third-order valence-corrected chi connectivity index (χ3v) is 3.74. The van der Waals surface area contributed by atoms with Crippen LogP contribution in [0.25, 0.3) is 0 Å². The van der Waals surface area contributed by atoms with Crippen LogP contribution in [-0.2, 0) is 10.0 Å². The summed E-state index contributed by atoms with van der Waals surface area (Å²) in [6, 6.07) is 1.91. The second-order valence-electron chi connectivity index (χ2n) is 3.94. The molecular weight excluding hydrogens is 278 g/mol. The summed E-state index contributed by atoms with van der Waals surface area (Å²) < 4.78 is 25.9. The highest BCUT2D eigenvalue weighted by Crippen LogP contribution is 2.28. The predicted molar refractivity (Wildman–Crippen MR) is 65.2 cm³/mol. The molecule has 0 fully saturated rings. The summed E-state index contributed by atoms with van der Waals surface area (Å²) in [5.74, 6) is 0. The minimum absolute atomic E-state index is 0.459. The van der Waals surface area contributed by atoms with E-state index in [0.29, 0.717) is 6.07 Å². The summed E-state index contributed by atoms with van der Waals surface area (Å²) >= 11 is 0. The summed E-state index contributed by atoms with van der Waals surface area (Å²) in [5, 5.41) is 21.4. The maximum absolute atomic E-state index is 11.9. The SMILES string of the molecule is CC(C)NS(=O)(=O)c1ccc([N+](=O)[O-])cc1[N+](=O)[O-]. The van der Waals surface area contributed by atoms with E-state index in [9.17, 15) is 28.6 Å². The monoisotopic (exact) mass is 289 g/mol. The number of rotatable bonds is 5. The molecule has 10 heteroatoms. The zero-order valence-corrected chi connectivity index (χ0v) is 10.9. The van der Waals surface area contributed by atoms with Crippen molar-refractivity contribution in [1.82, 2.24) is 4.72 Å². The van der Waals surface area contributed by atoms with Gasteiger partial charge in [0.2, 0.25) is 10.0 Å². The van der Waals surface area contributed by atoms with Crippen molar-refractivity contribution < 1.29 is 18.3 Å². The van der Waals surface area contributed by atoms with E-state index in [0.717, 1.165) is 12.1 Å². The molecule has 9 nitrogen and oxygen atoms in total. The molecule has 0 saturated carbocycles. The quantitative estimate of drug-likeness (QED) is 0.639. The Morgan fingerprint density at radius 1 is 1.16 bits per heavy atom. The van der Waals surface area contributed by atoms with Crippen molar-refractivity contribution in [3.05, 3.63) is 38.4 Å². The molecule has 19 heavy (non-hydrogen) atoms. The van der Waals surface area contributed by atoms with Crippen LogP contribution in [0.15, 0.2) is 23.1 Å². The van der Waals surface area contributed by atoms with E-state index in [1.807, 2.05) is 0 Å². The highest BCUT2D eigenvalue weighted by Gasteiger charge is 2.28. The van der Waals surface area contributed by atoms with E-state index >= 15 is 0 Å². The van der Waals surface area contributed by atoms with Gasteiger partial charge in [-0.25, -0.2) is 13.1 Å². The zero-order valence-electron chi connectivity index (χ0n) is 10.1. The molecular formula is C9H11N3O6S. The molecule has 0 aliphatic rings. The van der Waals surface area contributed by atoms with Crippen LogP contribution in [0.4, 0.5) is 11.4 Å². The van der Waals surface area contributed by atoms with Gasteiger partial charge in [-0.2, -0.15) is 0 Å². The molecule has 0 amide bonds. The fourth-order valence-electron chi connectivity index (χ4n) is 1.36. The third kappa shape index (κ3) is 3.45. The fraction of sp³-hybridized carbons (Fsp3) is 0.333. The number of benzene rings is 1. The Labute approximate surface area is 108 Å². The molecule has 0 unspecified atom stereocenters. The van der Waals surface area contributed by atoms with E-state index in [1.54, 1.807) is 13.8 Å². The lowest BCUT2D eigenvalue weighted by Gasteiger charge is -2.09. The molecule has 0 aliphatic heterocycles. The van der Waals surface area contributed by atoms with Gasteiger partial charge in [-0.3, -0.25) is 20.2 Å². The van der Waals surface area contributed by atoms with E-state index in [1.165, 1.54) is 0 Å². The van der Waals surface area contributed by atoms with Gasteiger partial charge in [0.25, 0.3) is 11.4 Å². The van der Waals surface area contributed by atoms with Gasteiger partial charge in [0.15, 0.2) is 4.90 Å². The van der Waals surface area contributed by atoms with Crippen molar-refractivity contribution in [2.24, 2.45) is 0 Å². The van der Waals surface area contributed by atoms with E-state index in [2.05, 4.69) is 4.72 Å². The summed E-state index contributed by atoms with van der Waals surface area (Å²) in [6.07, 6.45) is 0. The van der Waals surface area contributed by atoms with Crippen LogP contribution in [0.2, 0.25) is 0 Å². The van der Waals surface area contributed by atoms with Gasteiger partial charge in [-0.15, -0.1) is 0 Å². The van der Waals surface area contributed by atoms with Crippen molar-refractivity contribution in [3.63, 3.8) is 0 Å². The third-order valence-electron chi connectivity index (χ3n) is 2.03. The molecule has 0 spiro atoms. The van der Waals surface area contributed by atoms with Crippen LogP contribution in [0, 0.1) is 20.2 Å². The average molecular weight is 289 g/mol. The molecule has 104 valence electrons.